The van der Waals surface area contributed by atoms with Gasteiger partial charge in [0.25, 0.3) is 0 Å². The lowest BCUT2D eigenvalue weighted by atomic mass is 10.1. The average molecular weight is 326 g/mol. The zero-order chi connectivity index (χ0) is 16.3. The van der Waals surface area contributed by atoms with Crippen LogP contribution in [0.1, 0.15) is 10.4 Å². The second kappa shape index (κ2) is 6.23. The molecule has 0 aliphatic rings. The van der Waals surface area contributed by atoms with Gasteiger partial charge in [0.2, 0.25) is 0 Å². The average Bonchev–Trinajstić information content (AvgIpc) is 2.47. The van der Waals surface area contributed by atoms with Gasteiger partial charge in [-0.2, -0.15) is 0 Å². The number of hydrogen-bond acceptors (Lipinski definition) is 4. The summed E-state index contributed by atoms with van der Waals surface area (Å²) in [4.78, 5) is 12.0. The summed E-state index contributed by atoms with van der Waals surface area (Å²) in [5.74, 6) is -2.46. The van der Waals surface area contributed by atoms with Gasteiger partial charge in [-0.1, -0.05) is 0 Å². The Morgan fingerprint density at radius 3 is 2.23 bits per heavy atom. The predicted octanol–water partition coefficient (Wildman–Crippen LogP) is 2.63. The standard InChI is InChI=1S/C15H12F2O4S/c1-22(19,20)12-5-2-10(3-6-12)15(18)9-21-11-4-7-13(16)14(17)8-11/h2-8H,9H2,1H3. The van der Waals surface area contributed by atoms with E-state index in [0.717, 1.165) is 18.4 Å². The lowest BCUT2D eigenvalue weighted by Gasteiger charge is -2.06. The number of benzene rings is 2. The summed E-state index contributed by atoms with van der Waals surface area (Å²) in [6.45, 7) is -0.372. The quantitative estimate of drug-likeness (QED) is 0.793. The molecule has 0 aliphatic heterocycles. The van der Waals surface area contributed by atoms with E-state index >= 15 is 0 Å². The SMILES string of the molecule is CS(=O)(=O)c1ccc(C(=O)COc2ccc(F)c(F)c2)cc1. The molecule has 0 bridgehead atoms. The Bertz CT molecular complexity index is 799. The molecule has 0 aromatic heterocycles. The van der Waals surface area contributed by atoms with E-state index < -0.39 is 27.3 Å². The molecule has 22 heavy (non-hydrogen) atoms. The van der Waals surface area contributed by atoms with Crippen molar-refractivity contribution in [3.8, 4) is 5.75 Å². The van der Waals surface area contributed by atoms with Crippen LogP contribution < -0.4 is 4.74 Å². The Morgan fingerprint density at radius 2 is 1.68 bits per heavy atom. The highest BCUT2D eigenvalue weighted by atomic mass is 32.2. The van der Waals surface area contributed by atoms with E-state index in [1.54, 1.807) is 0 Å². The van der Waals surface area contributed by atoms with Gasteiger partial charge in [-0.15, -0.1) is 0 Å². The number of carbonyl (C=O) groups is 1. The molecule has 0 fully saturated rings. The highest BCUT2D eigenvalue weighted by molar-refractivity contribution is 7.90. The molecule has 2 aromatic rings. The van der Waals surface area contributed by atoms with Crippen LogP contribution in [0.25, 0.3) is 0 Å². The summed E-state index contributed by atoms with van der Waals surface area (Å²) in [6.07, 6.45) is 1.07. The summed E-state index contributed by atoms with van der Waals surface area (Å²) >= 11 is 0. The van der Waals surface area contributed by atoms with Gasteiger partial charge < -0.3 is 4.74 Å². The maximum absolute atomic E-state index is 13.0. The molecular weight excluding hydrogens is 314 g/mol. The fraction of sp³-hybridized carbons (Fsp3) is 0.133. The van der Waals surface area contributed by atoms with Crippen LogP contribution in [0.2, 0.25) is 0 Å². The van der Waals surface area contributed by atoms with Crippen LogP contribution in [-0.4, -0.2) is 27.1 Å². The fourth-order valence-electron chi connectivity index (χ4n) is 1.69. The second-order valence-corrected chi connectivity index (χ2v) is 6.60. The Morgan fingerprint density at radius 1 is 1.05 bits per heavy atom. The third kappa shape index (κ3) is 3.88. The number of halogens is 2. The molecule has 7 heteroatoms. The van der Waals surface area contributed by atoms with Crippen LogP contribution >= 0.6 is 0 Å². The van der Waals surface area contributed by atoms with Crippen LogP contribution in [0, 0.1) is 11.6 Å². The Labute approximate surface area is 126 Å². The highest BCUT2D eigenvalue weighted by Gasteiger charge is 2.11. The summed E-state index contributed by atoms with van der Waals surface area (Å²) in [7, 11) is -3.33. The molecule has 2 aromatic carbocycles. The molecule has 0 heterocycles. The van der Waals surface area contributed by atoms with Crippen molar-refractivity contribution >= 4 is 15.6 Å². The van der Waals surface area contributed by atoms with Crippen molar-refractivity contribution in [3.05, 3.63) is 59.7 Å². The topological polar surface area (TPSA) is 60.4 Å². The number of sulfone groups is 1. The highest BCUT2D eigenvalue weighted by Crippen LogP contribution is 2.16. The van der Waals surface area contributed by atoms with Crippen LogP contribution in [-0.2, 0) is 9.84 Å². The van der Waals surface area contributed by atoms with Crippen molar-refractivity contribution in [1.82, 2.24) is 0 Å². The van der Waals surface area contributed by atoms with Gasteiger partial charge in [-0.3, -0.25) is 4.79 Å². The summed E-state index contributed by atoms with van der Waals surface area (Å²) in [5.41, 5.74) is 0.259. The van der Waals surface area contributed by atoms with Gasteiger partial charge in [0.1, 0.15) is 5.75 Å². The summed E-state index contributed by atoms with van der Waals surface area (Å²) in [6, 6.07) is 8.32. The lowest BCUT2D eigenvalue weighted by molar-refractivity contribution is 0.0921. The summed E-state index contributed by atoms with van der Waals surface area (Å²) in [5, 5.41) is 0. The first kappa shape index (κ1) is 16.1. The van der Waals surface area contributed by atoms with Gasteiger partial charge >= 0.3 is 0 Å². The molecule has 0 aliphatic carbocycles. The molecule has 0 N–H and O–H groups in total. The number of carbonyl (C=O) groups excluding carboxylic acids is 1. The van der Waals surface area contributed by atoms with E-state index in [1.807, 2.05) is 0 Å². The molecule has 0 saturated carbocycles. The molecule has 0 saturated heterocycles. The van der Waals surface area contributed by atoms with Gasteiger partial charge in [0.15, 0.2) is 33.9 Å². The monoisotopic (exact) mass is 326 g/mol. The lowest BCUT2D eigenvalue weighted by Crippen LogP contribution is -2.12. The maximum Gasteiger partial charge on any atom is 0.200 e. The smallest absolute Gasteiger partial charge is 0.200 e. The van der Waals surface area contributed by atoms with Gasteiger partial charge in [0, 0.05) is 17.9 Å². The minimum absolute atomic E-state index is 0.0278. The van der Waals surface area contributed by atoms with Gasteiger partial charge in [-0.25, -0.2) is 17.2 Å². The van der Waals surface area contributed by atoms with E-state index in [0.29, 0.717) is 0 Å². The molecule has 116 valence electrons. The third-order valence-corrected chi connectivity index (χ3v) is 3.99. The molecule has 0 spiro atoms. The van der Waals surface area contributed by atoms with Crippen LogP contribution in [0.4, 0.5) is 8.78 Å². The first-order valence-electron chi connectivity index (χ1n) is 6.18. The van der Waals surface area contributed by atoms with Gasteiger partial charge in [0.05, 0.1) is 4.90 Å². The van der Waals surface area contributed by atoms with E-state index in [2.05, 4.69) is 0 Å². The Balaban J connectivity index is 2.04. The fourth-order valence-corrected chi connectivity index (χ4v) is 2.32. The molecule has 0 amide bonds. The molecule has 0 atom stereocenters. The molecular formula is C15H12F2O4S. The molecule has 0 radical (unpaired) electrons. The first-order valence-corrected chi connectivity index (χ1v) is 8.07. The zero-order valence-electron chi connectivity index (χ0n) is 11.5. The van der Waals surface area contributed by atoms with Crippen LogP contribution in [0.5, 0.6) is 5.75 Å². The van der Waals surface area contributed by atoms with Crippen molar-refractivity contribution in [2.24, 2.45) is 0 Å². The van der Waals surface area contributed by atoms with Crippen molar-refractivity contribution in [3.63, 3.8) is 0 Å². The molecule has 2 rings (SSSR count). The number of Topliss-reactive ketones (excluding diaryl/α,β-unsaturated/α-hetero) is 1. The van der Waals surface area contributed by atoms with E-state index in [9.17, 15) is 22.0 Å². The van der Waals surface area contributed by atoms with Crippen LogP contribution in [0.3, 0.4) is 0 Å². The normalized spacial score (nSPS) is 11.2. The number of ketones is 1. The first-order chi connectivity index (χ1) is 10.3. The predicted molar refractivity (Wildman–Crippen MR) is 75.7 cm³/mol. The number of ether oxygens (including phenoxy) is 1. The van der Waals surface area contributed by atoms with E-state index in [-0.39, 0.29) is 22.8 Å². The van der Waals surface area contributed by atoms with Crippen molar-refractivity contribution in [2.45, 2.75) is 4.90 Å². The van der Waals surface area contributed by atoms with E-state index in [4.69, 9.17) is 4.74 Å². The van der Waals surface area contributed by atoms with Gasteiger partial charge in [-0.05, 0) is 36.4 Å². The number of rotatable bonds is 5. The van der Waals surface area contributed by atoms with Crippen LogP contribution in [0.15, 0.2) is 47.4 Å². The van der Waals surface area contributed by atoms with Crippen molar-refractivity contribution in [1.29, 1.82) is 0 Å². The Hall–Kier alpha value is -2.28. The Kier molecular flexibility index (Phi) is 4.56. The number of hydrogen-bond donors (Lipinski definition) is 0. The minimum atomic E-state index is -3.33. The third-order valence-electron chi connectivity index (χ3n) is 2.87. The minimum Gasteiger partial charge on any atom is -0.485 e. The van der Waals surface area contributed by atoms with Crippen molar-refractivity contribution in [2.75, 3.05) is 12.9 Å². The molecule has 0 unspecified atom stereocenters. The second-order valence-electron chi connectivity index (χ2n) is 4.58. The van der Waals surface area contributed by atoms with E-state index in [1.165, 1.54) is 30.3 Å². The maximum atomic E-state index is 13.0. The summed E-state index contributed by atoms with van der Waals surface area (Å²) < 4.78 is 53.4. The largest absolute Gasteiger partial charge is 0.485 e. The molecule has 4 nitrogen and oxygen atoms in total. The zero-order valence-corrected chi connectivity index (χ0v) is 12.4. The van der Waals surface area contributed by atoms with Crippen molar-refractivity contribution < 1.29 is 26.7 Å².